The van der Waals surface area contributed by atoms with Gasteiger partial charge in [0.15, 0.2) is 5.82 Å². The Hall–Kier alpha value is -4.02. The summed E-state index contributed by atoms with van der Waals surface area (Å²) in [7, 11) is 1.52. The summed E-state index contributed by atoms with van der Waals surface area (Å²) in [6.07, 6.45) is 2.60. The first kappa shape index (κ1) is 22.8. The van der Waals surface area contributed by atoms with Gasteiger partial charge in [0.05, 0.1) is 30.4 Å². The number of alkyl halides is 3. The van der Waals surface area contributed by atoms with Crippen LogP contribution in [0.2, 0.25) is 0 Å². The maximum absolute atomic E-state index is 13.8. The molecule has 0 radical (unpaired) electrons. The standard InChI is InChI=1S/C24H20F4N6O/c1-14-12-33(13-29-14)20-7-4-16(30-23(20)35-2)5-8-21-31-22-17(9-10-34(22)32-21)18-11-15(25)3-6-19(18)24(26,27)28/h3-8,11-13,17H,9-10H2,1-2H3/b8-5+/t17-/m1/s1. The number of methoxy groups -OCH3 is 1. The number of hydrogen-bond donors (Lipinski definition) is 0. The van der Waals surface area contributed by atoms with Crippen molar-refractivity contribution in [1.29, 1.82) is 0 Å². The zero-order valence-electron chi connectivity index (χ0n) is 18.8. The molecule has 5 rings (SSSR count). The average Bonchev–Trinajstić information content (AvgIpc) is 3.52. The SMILES string of the molecule is COc1nc(/C=C/c2nc3n(n2)CC[C@@H]3c2cc(F)ccc2C(F)(F)F)ccc1-n1cnc(C)c1. The highest BCUT2D eigenvalue weighted by Gasteiger charge is 2.38. The molecule has 1 aliphatic heterocycles. The van der Waals surface area contributed by atoms with E-state index in [1.54, 1.807) is 33.8 Å². The normalized spacial score (nSPS) is 15.7. The summed E-state index contributed by atoms with van der Waals surface area (Å²) < 4.78 is 63.2. The number of imidazole rings is 1. The molecule has 0 saturated carbocycles. The summed E-state index contributed by atoms with van der Waals surface area (Å²) in [6.45, 7) is 2.27. The summed E-state index contributed by atoms with van der Waals surface area (Å²) in [6, 6.07) is 6.16. The number of aryl methyl sites for hydroxylation is 2. The molecule has 4 aromatic rings. The van der Waals surface area contributed by atoms with Crippen molar-refractivity contribution in [3.8, 4) is 11.6 Å². The minimum absolute atomic E-state index is 0.129. The maximum Gasteiger partial charge on any atom is 0.416 e. The highest BCUT2D eigenvalue weighted by molar-refractivity contribution is 5.65. The molecule has 180 valence electrons. The number of aromatic nitrogens is 6. The molecule has 0 saturated heterocycles. The summed E-state index contributed by atoms with van der Waals surface area (Å²) >= 11 is 0. The van der Waals surface area contributed by atoms with Crippen LogP contribution in [0, 0.1) is 12.7 Å². The maximum atomic E-state index is 13.8. The van der Waals surface area contributed by atoms with Gasteiger partial charge in [-0.1, -0.05) is 0 Å². The van der Waals surface area contributed by atoms with Crippen LogP contribution in [0.1, 0.15) is 46.5 Å². The van der Waals surface area contributed by atoms with Crippen molar-refractivity contribution in [1.82, 2.24) is 29.3 Å². The molecule has 0 aliphatic carbocycles. The number of ether oxygens (including phenoxy) is 1. The van der Waals surface area contributed by atoms with Crippen LogP contribution in [-0.4, -0.2) is 36.4 Å². The molecule has 3 aromatic heterocycles. The smallest absolute Gasteiger partial charge is 0.416 e. The second-order valence-electron chi connectivity index (χ2n) is 8.14. The lowest BCUT2D eigenvalue weighted by atomic mass is 9.92. The van der Waals surface area contributed by atoms with Crippen LogP contribution in [0.4, 0.5) is 17.6 Å². The fourth-order valence-corrected chi connectivity index (χ4v) is 4.22. The second kappa shape index (κ2) is 8.64. The van der Waals surface area contributed by atoms with E-state index in [4.69, 9.17) is 4.74 Å². The fourth-order valence-electron chi connectivity index (χ4n) is 4.22. The molecule has 0 bridgehead atoms. The molecule has 1 aliphatic rings. The van der Waals surface area contributed by atoms with Crippen LogP contribution in [0.15, 0.2) is 42.9 Å². The van der Waals surface area contributed by atoms with Crippen molar-refractivity contribution >= 4 is 12.2 Å². The van der Waals surface area contributed by atoms with Gasteiger partial charge < -0.3 is 9.30 Å². The number of benzene rings is 1. The summed E-state index contributed by atoms with van der Waals surface area (Å²) in [5, 5.41) is 4.38. The molecule has 0 amide bonds. The lowest BCUT2D eigenvalue weighted by molar-refractivity contribution is -0.138. The molecule has 0 unspecified atom stereocenters. The molecule has 1 aromatic carbocycles. The Kier molecular flexibility index (Phi) is 5.62. The van der Waals surface area contributed by atoms with E-state index in [0.717, 1.165) is 29.6 Å². The Bertz CT molecular complexity index is 1420. The number of nitrogens with zero attached hydrogens (tertiary/aromatic N) is 6. The third kappa shape index (κ3) is 4.41. The van der Waals surface area contributed by atoms with Crippen molar-refractivity contribution in [2.24, 2.45) is 0 Å². The van der Waals surface area contributed by atoms with E-state index >= 15 is 0 Å². The third-order valence-electron chi connectivity index (χ3n) is 5.80. The third-order valence-corrected chi connectivity index (χ3v) is 5.80. The van der Waals surface area contributed by atoms with E-state index < -0.39 is 23.5 Å². The van der Waals surface area contributed by atoms with Crippen LogP contribution in [0.25, 0.3) is 17.8 Å². The Morgan fingerprint density at radius 1 is 1.11 bits per heavy atom. The van der Waals surface area contributed by atoms with E-state index in [1.807, 2.05) is 19.2 Å². The van der Waals surface area contributed by atoms with Crippen molar-refractivity contribution in [3.63, 3.8) is 0 Å². The highest BCUT2D eigenvalue weighted by Crippen LogP contribution is 2.41. The first-order chi connectivity index (χ1) is 16.7. The van der Waals surface area contributed by atoms with Gasteiger partial charge in [0, 0.05) is 18.7 Å². The molecule has 0 N–H and O–H groups in total. The van der Waals surface area contributed by atoms with Gasteiger partial charge in [-0.15, -0.1) is 0 Å². The Morgan fingerprint density at radius 2 is 1.94 bits per heavy atom. The topological polar surface area (TPSA) is 70.7 Å². The van der Waals surface area contributed by atoms with Gasteiger partial charge in [0.25, 0.3) is 0 Å². The van der Waals surface area contributed by atoms with E-state index in [9.17, 15) is 17.6 Å². The van der Waals surface area contributed by atoms with E-state index in [1.165, 1.54) is 7.11 Å². The van der Waals surface area contributed by atoms with E-state index in [2.05, 4.69) is 20.1 Å². The fraction of sp³-hybridized carbons (Fsp3) is 0.250. The molecule has 4 heterocycles. The Morgan fingerprint density at radius 3 is 2.66 bits per heavy atom. The first-order valence-electron chi connectivity index (χ1n) is 10.8. The molecule has 0 spiro atoms. The number of halogens is 4. The largest absolute Gasteiger partial charge is 0.479 e. The molecule has 7 nitrogen and oxygen atoms in total. The first-order valence-corrected chi connectivity index (χ1v) is 10.8. The van der Waals surface area contributed by atoms with Crippen LogP contribution in [0.3, 0.4) is 0 Å². The van der Waals surface area contributed by atoms with Crippen LogP contribution in [0.5, 0.6) is 5.88 Å². The number of pyridine rings is 1. The summed E-state index contributed by atoms with van der Waals surface area (Å²) in [5.74, 6) is -0.328. The molecular formula is C24H20F4N6O. The van der Waals surface area contributed by atoms with Gasteiger partial charge >= 0.3 is 6.18 Å². The number of fused-ring (bicyclic) bond motifs is 1. The molecule has 0 fully saturated rings. The van der Waals surface area contributed by atoms with Crippen molar-refractivity contribution in [3.05, 3.63) is 82.8 Å². The van der Waals surface area contributed by atoms with Gasteiger partial charge in [-0.25, -0.2) is 24.0 Å². The summed E-state index contributed by atoms with van der Waals surface area (Å²) in [5.41, 5.74) is 1.17. The number of hydrogen-bond acceptors (Lipinski definition) is 5. The van der Waals surface area contributed by atoms with E-state index in [-0.39, 0.29) is 5.56 Å². The van der Waals surface area contributed by atoms with Crippen LogP contribution < -0.4 is 4.74 Å². The predicted molar refractivity (Wildman–Crippen MR) is 119 cm³/mol. The van der Waals surface area contributed by atoms with Crippen molar-refractivity contribution in [2.75, 3.05) is 7.11 Å². The summed E-state index contributed by atoms with van der Waals surface area (Å²) in [4.78, 5) is 13.1. The quantitative estimate of drug-likeness (QED) is 0.371. The minimum atomic E-state index is -4.59. The minimum Gasteiger partial charge on any atom is -0.479 e. The van der Waals surface area contributed by atoms with Gasteiger partial charge in [-0.3, -0.25) is 0 Å². The van der Waals surface area contributed by atoms with Crippen molar-refractivity contribution in [2.45, 2.75) is 32.0 Å². The Balaban J connectivity index is 1.42. The van der Waals surface area contributed by atoms with E-state index in [0.29, 0.717) is 36.2 Å². The van der Waals surface area contributed by atoms with Gasteiger partial charge in [-0.2, -0.15) is 18.3 Å². The van der Waals surface area contributed by atoms with Gasteiger partial charge in [-0.05, 0) is 61.4 Å². The van der Waals surface area contributed by atoms with Gasteiger partial charge in [0.2, 0.25) is 5.88 Å². The lowest BCUT2D eigenvalue weighted by Gasteiger charge is -2.16. The molecule has 35 heavy (non-hydrogen) atoms. The molecular weight excluding hydrogens is 464 g/mol. The van der Waals surface area contributed by atoms with Gasteiger partial charge in [0.1, 0.15) is 17.3 Å². The highest BCUT2D eigenvalue weighted by atomic mass is 19.4. The average molecular weight is 484 g/mol. The van der Waals surface area contributed by atoms with Crippen LogP contribution in [-0.2, 0) is 12.7 Å². The van der Waals surface area contributed by atoms with Crippen LogP contribution >= 0.6 is 0 Å². The molecule has 1 atom stereocenters. The number of rotatable bonds is 5. The Labute approximate surface area is 197 Å². The molecule has 11 heteroatoms. The second-order valence-corrected chi connectivity index (χ2v) is 8.14. The lowest BCUT2D eigenvalue weighted by Crippen LogP contribution is -2.12. The predicted octanol–water partition coefficient (Wildman–Crippen LogP) is 5.04. The zero-order valence-corrected chi connectivity index (χ0v) is 18.8. The monoisotopic (exact) mass is 484 g/mol. The zero-order chi connectivity index (χ0) is 24.7. The van der Waals surface area contributed by atoms with Crippen molar-refractivity contribution < 1.29 is 22.3 Å².